The molecule has 0 saturated heterocycles. The highest BCUT2D eigenvalue weighted by Crippen LogP contribution is 2.04. The van der Waals surface area contributed by atoms with Gasteiger partial charge >= 0.3 is 0 Å². The zero-order valence-electron chi connectivity index (χ0n) is 13.8. The Kier molecular flexibility index (Phi) is 9.98. The van der Waals surface area contributed by atoms with E-state index in [0.717, 1.165) is 25.9 Å². The van der Waals surface area contributed by atoms with E-state index in [1.807, 2.05) is 13.0 Å². The van der Waals surface area contributed by atoms with E-state index in [4.69, 9.17) is 0 Å². The van der Waals surface area contributed by atoms with Crippen LogP contribution < -0.4 is 10.6 Å². The third-order valence-corrected chi connectivity index (χ3v) is 3.34. The number of aliphatic imine (C=N–C) groups is 1. The molecule has 1 heterocycles. The summed E-state index contributed by atoms with van der Waals surface area (Å²) in [5.74, 6) is 0.363. The van der Waals surface area contributed by atoms with Gasteiger partial charge in [-0.05, 0) is 37.5 Å². The van der Waals surface area contributed by atoms with Crippen LogP contribution >= 0.6 is 24.0 Å². The quantitative estimate of drug-likeness (QED) is 0.299. The Bertz CT molecular complexity index is 619. The first-order valence-corrected chi connectivity index (χ1v) is 7.95. The summed E-state index contributed by atoms with van der Waals surface area (Å²) in [6, 6.07) is 13.4. The summed E-state index contributed by atoms with van der Waals surface area (Å²) in [6.07, 6.45) is 3.60. The molecular formula is C18H24FIN4. The van der Waals surface area contributed by atoms with Crippen LogP contribution in [0.2, 0.25) is 0 Å². The van der Waals surface area contributed by atoms with Crippen LogP contribution in [-0.4, -0.2) is 24.0 Å². The van der Waals surface area contributed by atoms with Gasteiger partial charge in [-0.2, -0.15) is 0 Å². The van der Waals surface area contributed by atoms with E-state index < -0.39 is 0 Å². The number of halogens is 2. The molecule has 1 aromatic carbocycles. The Labute approximate surface area is 160 Å². The van der Waals surface area contributed by atoms with Gasteiger partial charge in [-0.15, -0.1) is 24.0 Å². The fourth-order valence-corrected chi connectivity index (χ4v) is 2.17. The highest BCUT2D eigenvalue weighted by Gasteiger charge is 2.02. The van der Waals surface area contributed by atoms with Crippen molar-refractivity contribution < 1.29 is 4.39 Å². The smallest absolute Gasteiger partial charge is 0.191 e. The molecule has 1 aromatic heterocycles. The number of aryl methyl sites for hydroxylation is 1. The average Bonchev–Trinajstić information content (AvgIpc) is 2.58. The lowest BCUT2D eigenvalue weighted by Crippen LogP contribution is -2.37. The van der Waals surface area contributed by atoms with E-state index >= 15 is 0 Å². The molecule has 24 heavy (non-hydrogen) atoms. The molecule has 130 valence electrons. The van der Waals surface area contributed by atoms with Crippen LogP contribution in [0.1, 0.15) is 24.6 Å². The predicted molar refractivity (Wildman–Crippen MR) is 107 cm³/mol. The third kappa shape index (κ3) is 7.25. The molecule has 6 heteroatoms. The lowest BCUT2D eigenvalue weighted by Gasteiger charge is -2.11. The maximum absolute atomic E-state index is 13.5. The van der Waals surface area contributed by atoms with Crippen LogP contribution in [0, 0.1) is 5.82 Å². The molecule has 0 bridgehead atoms. The largest absolute Gasteiger partial charge is 0.357 e. The lowest BCUT2D eigenvalue weighted by atomic mass is 10.1. The van der Waals surface area contributed by atoms with Crippen molar-refractivity contribution in [1.29, 1.82) is 0 Å². The Morgan fingerprint density at radius 3 is 2.62 bits per heavy atom. The van der Waals surface area contributed by atoms with E-state index in [9.17, 15) is 4.39 Å². The van der Waals surface area contributed by atoms with Gasteiger partial charge in [0.25, 0.3) is 0 Å². The number of guanidine groups is 1. The second-order valence-electron chi connectivity index (χ2n) is 5.14. The molecule has 4 nitrogen and oxygen atoms in total. The van der Waals surface area contributed by atoms with Gasteiger partial charge in [0.2, 0.25) is 0 Å². The third-order valence-electron chi connectivity index (χ3n) is 3.34. The summed E-state index contributed by atoms with van der Waals surface area (Å²) < 4.78 is 13.5. The number of hydrogen-bond donors (Lipinski definition) is 2. The van der Waals surface area contributed by atoms with Crippen molar-refractivity contribution in [1.82, 2.24) is 15.6 Å². The molecule has 0 aliphatic heterocycles. The minimum absolute atomic E-state index is 0. The van der Waals surface area contributed by atoms with Gasteiger partial charge in [-0.25, -0.2) is 9.38 Å². The molecule has 2 N–H and O–H groups in total. The molecule has 0 aliphatic carbocycles. The van der Waals surface area contributed by atoms with Crippen molar-refractivity contribution in [2.24, 2.45) is 4.99 Å². The number of rotatable bonds is 7. The van der Waals surface area contributed by atoms with Gasteiger partial charge in [-0.3, -0.25) is 4.98 Å². The summed E-state index contributed by atoms with van der Waals surface area (Å²) in [6.45, 7) is 3.80. The highest BCUT2D eigenvalue weighted by molar-refractivity contribution is 14.0. The minimum Gasteiger partial charge on any atom is -0.357 e. The summed E-state index contributed by atoms with van der Waals surface area (Å²) in [7, 11) is 0. The molecule has 0 fully saturated rings. The highest BCUT2D eigenvalue weighted by atomic mass is 127. The Morgan fingerprint density at radius 2 is 1.92 bits per heavy atom. The zero-order valence-corrected chi connectivity index (χ0v) is 16.2. The van der Waals surface area contributed by atoms with Gasteiger partial charge in [0.15, 0.2) is 5.96 Å². The second-order valence-corrected chi connectivity index (χ2v) is 5.14. The standard InChI is InChI=1S/C18H23FN4.HI/c1-2-20-18(23-14-17-16(19)11-7-12-21-17)22-13-6-10-15-8-4-3-5-9-15;/h3-5,7-9,11-12H,2,6,10,13-14H2,1H3,(H2,20,22,23);1H. The molecular weight excluding hydrogens is 418 g/mol. The van der Waals surface area contributed by atoms with Crippen molar-refractivity contribution in [2.45, 2.75) is 26.3 Å². The molecule has 2 aromatic rings. The monoisotopic (exact) mass is 442 g/mol. The van der Waals surface area contributed by atoms with Gasteiger partial charge in [0.05, 0.1) is 12.2 Å². The van der Waals surface area contributed by atoms with E-state index in [-0.39, 0.29) is 36.3 Å². The van der Waals surface area contributed by atoms with Gasteiger partial charge in [0.1, 0.15) is 5.82 Å². The molecule has 0 spiro atoms. The van der Waals surface area contributed by atoms with E-state index in [2.05, 4.69) is 44.9 Å². The molecule has 0 atom stereocenters. The number of pyridine rings is 1. The topological polar surface area (TPSA) is 49.3 Å². The van der Waals surface area contributed by atoms with Gasteiger partial charge < -0.3 is 10.6 Å². The van der Waals surface area contributed by atoms with Crippen molar-refractivity contribution in [3.63, 3.8) is 0 Å². The molecule has 2 rings (SSSR count). The van der Waals surface area contributed by atoms with Crippen LogP contribution in [0.4, 0.5) is 4.39 Å². The second kappa shape index (κ2) is 11.8. The fourth-order valence-electron chi connectivity index (χ4n) is 2.17. The summed E-state index contributed by atoms with van der Waals surface area (Å²) in [4.78, 5) is 8.39. The first kappa shape index (κ1) is 20.3. The van der Waals surface area contributed by atoms with Crippen molar-refractivity contribution in [3.8, 4) is 0 Å². The normalized spacial score (nSPS) is 10.8. The number of aromatic nitrogens is 1. The van der Waals surface area contributed by atoms with Crippen LogP contribution in [0.3, 0.4) is 0 Å². The van der Waals surface area contributed by atoms with Crippen LogP contribution in [0.15, 0.2) is 53.7 Å². The molecule has 0 amide bonds. The fraction of sp³-hybridized carbons (Fsp3) is 0.333. The SMILES string of the molecule is CCNC(=NCc1ncccc1F)NCCCc1ccccc1.I. The average molecular weight is 442 g/mol. The summed E-state index contributed by atoms with van der Waals surface area (Å²) in [5, 5.41) is 6.43. The van der Waals surface area contributed by atoms with E-state index in [1.54, 1.807) is 12.3 Å². The first-order chi connectivity index (χ1) is 11.3. The van der Waals surface area contributed by atoms with Gasteiger partial charge in [-0.1, -0.05) is 30.3 Å². The maximum Gasteiger partial charge on any atom is 0.191 e. The van der Waals surface area contributed by atoms with Gasteiger partial charge in [0, 0.05) is 19.3 Å². The predicted octanol–water partition coefficient (Wildman–Crippen LogP) is 3.53. The molecule has 0 aliphatic rings. The van der Waals surface area contributed by atoms with Crippen molar-refractivity contribution in [2.75, 3.05) is 13.1 Å². The van der Waals surface area contributed by atoms with E-state index in [1.165, 1.54) is 11.6 Å². The van der Waals surface area contributed by atoms with Crippen molar-refractivity contribution >= 4 is 29.9 Å². The Balaban J connectivity index is 0.00000288. The summed E-state index contributed by atoms with van der Waals surface area (Å²) >= 11 is 0. The minimum atomic E-state index is -0.323. The molecule has 0 radical (unpaired) electrons. The van der Waals surface area contributed by atoms with Crippen LogP contribution in [0.25, 0.3) is 0 Å². The summed E-state index contributed by atoms with van der Waals surface area (Å²) in [5.41, 5.74) is 1.68. The van der Waals surface area contributed by atoms with Crippen LogP contribution in [-0.2, 0) is 13.0 Å². The lowest BCUT2D eigenvalue weighted by molar-refractivity contribution is 0.599. The molecule has 0 unspecified atom stereocenters. The van der Waals surface area contributed by atoms with E-state index in [0.29, 0.717) is 11.7 Å². The number of hydrogen-bond acceptors (Lipinski definition) is 2. The van der Waals surface area contributed by atoms with Crippen molar-refractivity contribution in [3.05, 3.63) is 65.7 Å². The number of benzene rings is 1. The Morgan fingerprint density at radius 1 is 1.12 bits per heavy atom. The Hall–Kier alpha value is -1.70. The zero-order chi connectivity index (χ0) is 16.3. The molecule has 0 saturated carbocycles. The first-order valence-electron chi connectivity index (χ1n) is 7.95. The van der Waals surface area contributed by atoms with Crippen LogP contribution in [0.5, 0.6) is 0 Å². The number of nitrogens with one attached hydrogen (secondary N) is 2. The number of nitrogens with zero attached hydrogens (tertiary/aromatic N) is 2. The maximum atomic E-state index is 13.5.